The van der Waals surface area contributed by atoms with Crippen LogP contribution in [0.5, 0.6) is 0 Å². The van der Waals surface area contributed by atoms with Crippen LogP contribution in [0, 0.1) is 0 Å². The van der Waals surface area contributed by atoms with Gasteiger partial charge in [-0.15, -0.1) is 0 Å². The summed E-state index contributed by atoms with van der Waals surface area (Å²) in [6.07, 6.45) is 0.740. The van der Waals surface area contributed by atoms with Crippen LogP contribution in [-0.2, 0) is 9.53 Å². The highest BCUT2D eigenvalue weighted by atomic mass is 16.6. The van der Waals surface area contributed by atoms with E-state index in [4.69, 9.17) is 4.74 Å². The van der Waals surface area contributed by atoms with Gasteiger partial charge in [0, 0.05) is 19.6 Å². The molecule has 0 aromatic rings. The second-order valence-electron chi connectivity index (χ2n) is 4.64. The molecule has 2 heterocycles. The number of rotatable bonds is 2. The van der Waals surface area contributed by atoms with Crippen LogP contribution in [0.1, 0.15) is 13.8 Å². The van der Waals surface area contributed by atoms with Crippen molar-refractivity contribution in [3.8, 4) is 0 Å². The average Bonchev–Trinajstić information content (AvgIpc) is 2.60. The van der Waals surface area contributed by atoms with E-state index in [-0.39, 0.29) is 12.1 Å². The molecule has 0 spiro atoms. The van der Waals surface area contributed by atoms with Gasteiger partial charge in [0.05, 0.1) is 11.6 Å². The van der Waals surface area contributed by atoms with Gasteiger partial charge in [0.2, 0.25) is 0 Å². The molecule has 2 saturated heterocycles. The lowest BCUT2D eigenvalue weighted by atomic mass is 10.0. The minimum Gasteiger partial charge on any atom is -0.447 e. The number of piperazine rings is 1. The number of aldehydes is 1. The highest BCUT2D eigenvalue weighted by Crippen LogP contribution is 2.22. The molecule has 2 aliphatic heterocycles. The van der Waals surface area contributed by atoms with Gasteiger partial charge in [-0.25, -0.2) is 4.79 Å². The summed E-state index contributed by atoms with van der Waals surface area (Å²) in [5, 5.41) is 0. The molecule has 15 heavy (non-hydrogen) atoms. The molecule has 0 radical (unpaired) electrons. The first-order valence-corrected chi connectivity index (χ1v) is 5.19. The van der Waals surface area contributed by atoms with Crippen LogP contribution in [0.2, 0.25) is 0 Å². The van der Waals surface area contributed by atoms with Gasteiger partial charge in [-0.2, -0.15) is 0 Å². The molecular weight excluding hydrogens is 196 g/mol. The first kappa shape index (κ1) is 10.4. The molecule has 0 unspecified atom stereocenters. The molecule has 2 rings (SSSR count). The first-order valence-electron chi connectivity index (χ1n) is 5.19. The molecule has 5 heteroatoms. The van der Waals surface area contributed by atoms with E-state index in [1.807, 2.05) is 13.8 Å². The van der Waals surface area contributed by atoms with E-state index < -0.39 is 5.54 Å². The molecule has 1 atom stereocenters. The maximum atomic E-state index is 11.3. The van der Waals surface area contributed by atoms with E-state index in [2.05, 4.69) is 4.90 Å². The summed E-state index contributed by atoms with van der Waals surface area (Å²) in [5.74, 6) is 0. The maximum absolute atomic E-state index is 11.3. The van der Waals surface area contributed by atoms with Gasteiger partial charge in [-0.1, -0.05) is 0 Å². The van der Waals surface area contributed by atoms with Crippen LogP contribution < -0.4 is 0 Å². The highest BCUT2D eigenvalue weighted by Gasteiger charge is 2.41. The summed E-state index contributed by atoms with van der Waals surface area (Å²) in [7, 11) is 0. The zero-order valence-electron chi connectivity index (χ0n) is 9.10. The summed E-state index contributed by atoms with van der Waals surface area (Å²) < 4.78 is 4.97. The Bertz CT molecular complexity index is 290. The summed E-state index contributed by atoms with van der Waals surface area (Å²) in [6, 6.07) is 0.116. The average molecular weight is 212 g/mol. The number of fused-ring (bicyclic) bond motifs is 1. The Balaban J connectivity index is 2.05. The van der Waals surface area contributed by atoms with E-state index in [0.29, 0.717) is 13.2 Å². The van der Waals surface area contributed by atoms with Crippen LogP contribution >= 0.6 is 0 Å². The third kappa shape index (κ3) is 1.71. The van der Waals surface area contributed by atoms with Gasteiger partial charge in [-0.3, -0.25) is 9.80 Å². The molecule has 0 aromatic heterocycles. The van der Waals surface area contributed by atoms with Gasteiger partial charge in [-0.05, 0) is 13.8 Å². The standard InChI is InChI=1S/C10H16N2O3/c1-10(2,7-13)11-3-4-12-8(5-11)6-15-9(12)14/h7-8H,3-6H2,1-2H3/t8-/m0/s1. The summed E-state index contributed by atoms with van der Waals surface area (Å²) in [4.78, 5) is 26.0. The molecule has 0 saturated carbocycles. The molecule has 84 valence electrons. The number of carbonyl (C=O) groups excluding carboxylic acids is 2. The predicted octanol–water partition coefficient (Wildman–Crippen LogP) is 0.100. The van der Waals surface area contributed by atoms with E-state index in [0.717, 1.165) is 19.4 Å². The van der Waals surface area contributed by atoms with Crippen molar-refractivity contribution in [3.63, 3.8) is 0 Å². The Morgan fingerprint density at radius 1 is 1.47 bits per heavy atom. The second kappa shape index (κ2) is 3.48. The van der Waals surface area contributed by atoms with Crippen molar-refractivity contribution in [1.82, 2.24) is 9.80 Å². The number of amides is 1. The van der Waals surface area contributed by atoms with E-state index >= 15 is 0 Å². The normalized spacial score (nSPS) is 27.5. The van der Waals surface area contributed by atoms with E-state index in [1.165, 1.54) is 0 Å². The molecule has 0 bridgehead atoms. The fourth-order valence-corrected chi connectivity index (χ4v) is 2.09. The van der Waals surface area contributed by atoms with Crippen LogP contribution in [0.15, 0.2) is 0 Å². The third-order valence-electron chi connectivity index (χ3n) is 3.22. The zero-order valence-corrected chi connectivity index (χ0v) is 9.10. The lowest BCUT2D eigenvalue weighted by Crippen LogP contribution is -2.58. The maximum Gasteiger partial charge on any atom is 0.410 e. The first-order chi connectivity index (χ1) is 7.04. The smallest absolute Gasteiger partial charge is 0.410 e. The Kier molecular flexibility index (Phi) is 2.42. The summed E-state index contributed by atoms with van der Waals surface area (Å²) in [6.45, 7) is 6.35. The largest absolute Gasteiger partial charge is 0.447 e. The summed E-state index contributed by atoms with van der Waals surface area (Å²) in [5.41, 5.74) is -0.447. The minimum atomic E-state index is -0.447. The zero-order chi connectivity index (χ0) is 11.1. The van der Waals surface area contributed by atoms with Crippen molar-refractivity contribution in [1.29, 1.82) is 0 Å². The molecule has 0 aliphatic carbocycles. The molecule has 5 nitrogen and oxygen atoms in total. The van der Waals surface area contributed by atoms with Crippen molar-refractivity contribution in [2.45, 2.75) is 25.4 Å². The Hall–Kier alpha value is -1.10. The number of cyclic esters (lactones) is 1. The van der Waals surface area contributed by atoms with Crippen LogP contribution in [0.25, 0.3) is 0 Å². The SMILES string of the molecule is CC(C)(C=O)N1CCN2C(=O)OC[C@@H]2C1. The fraction of sp³-hybridized carbons (Fsp3) is 0.800. The molecule has 2 aliphatic rings. The molecule has 0 N–H and O–H groups in total. The lowest BCUT2D eigenvalue weighted by molar-refractivity contribution is -0.118. The van der Waals surface area contributed by atoms with Crippen molar-refractivity contribution in [2.24, 2.45) is 0 Å². The van der Waals surface area contributed by atoms with Crippen LogP contribution in [0.4, 0.5) is 4.79 Å². The van der Waals surface area contributed by atoms with Crippen LogP contribution in [-0.4, -0.2) is 60.0 Å². The van der Waals surface area contributed by atoms with Crippen molar-refractivity contribution < 1.29 is 14.3 Å². The van der Waals surface area contributed by atoms with E-state index in [1.54, 1.807) is 4.90 Å². The van der Waals surface area contributed by atoms with Crippen molar-refractivity contribution in [3.05, 3.63) is 0 Å². The molecular formula is C10H16N2O3. The number of hydrogen-bond donors (Lipinski definition) is 0. The quantitative estimate of drug-likeness (QED) is 0.609. The monoisotopic (exact) mass is 212 g/mol. The fourth-order valence-electron chi connectivity index (χ4n) is 2.09. The number of hydrogen-bond acceptors (Lipinski definition) is 4. The number of ether oxygens (including phenoxy) is 1. The molecule has 1 amide bonds. The topological polar surface area (TPSA) is 49.9 Å². The van der Waals surface area contributed by atoms with Crippen molar-refractivity contribution >= 4 is 12.4 Å². The van der Waals surface area contributed by atoms with Gasteiger partial charge in [0.1, 0.15) is 12.9 Å². The summed E-state index contributed by atoms with van der Waals surface area (Å²) >= 11 is 0. The highest BCUT2D eigenvalue weighted by molar-refractivity contribution is 5.70. The second-order valence-corrected chi connectivity index (χ2v) is 4.64. The predicted molar refractivity (Wildman–Crippen MR) is 53.6 cm³/mol. The molecule has 2 fully saturated rings. The number of carbonyl (C=O) groups is 2. The molecule has 0 aromatic carbocycles. The lowest BCUT2D eigenvalue weighted by Gasteiger charge is -2.41. The third-order valence-corrected chi connectivity index (χ3v) is 3.22. The van der Waals surface area contributed by atoms with Gasteiger partial charge in [0.15, 0.2) is 0 Å². The Labute approximate surface area is 89.0 Å². The van der Waals surface area contributed by atoms with Gasteiger partial charge >= 0.3 is 6.09 Å². The van der Waals surface area contributed by atoms with Gasteiger partial charge in [0.25, 0.3) is 0 Å². The van der Waals surface area contributed by atoms with E-state index in [9.17, 15) is 9.59 Å². The Morgan fingerprint density at radius 2 is 2.20 bits per heavy atom. The van der Waals surface area contributed by atoms with Crippen molar-refractivity contribution in [2.75, 3.05) is 26.2 Å². The number of nitrogens with zero attached hydrogens (tertiary/aromatic N) is 2. The minimum absolute atomic E-state index is 0.116. The Morgan fingerprint density at radius 3 is 2.87 bits per heavy atom. The van der Waals surface area contributed by atoms with Crippen LogP contribution in [0.3, 0.4) is 0 Å². The van der Waals surface area contributed by atoms with Gasteiger partial charge < -0.3 is 9.53 Å².